The van der Waals surface area contributed by atoms with Gasteiger partial charge in [-0.3, -0.25) is 5.41 Å². The topological polar surface area (TPSA) is 68.3 Å². The molecule has 0 aliphatic heterocycles. The predicted octanol–water partition coefficient (Wildman–Crippen LogP) is 2.32. The molecule has 1 aromatic rings. The molecule has 0 saturated carbocycles. The standard InChI is InChI=1S/C12H15F3N2O2/c13-12(14,15)8-18-6-1-7-19-10-4-2-9(3-5-10)11(16)17/h2-5H,1,6-8H2,(H3,16,17). The molecular weight excluding hydrogens is 261 g/mol. The van der Waals surface area contributed by atoms with Crippen LogP contribution in [0.1, 0.15) is 12.0 Å². The Balaban J connectivity index is 2.17. The van der Waals surface area contributed by atoms with Crippen molar-refractivity contribution in [1.82, 2.24) is 0 Å². The molecule has 0 bridgehead atoms. The Morgan fingerprint density at radius 3 is 2.32 bits per heavy atom. The maximum atomic E-state index is 11.7. The second-order valence-corrected chi connectivity index (χ2v) is 3.81. The number of hydrogen-bond donors (Lipinski definition) is 2. The second kappa shape index (κ2) is 6.98. The molecule has 0 aliphatic rings. The SMILES string of the molecule is N=C(N)c1ccc(OCCCOCC(F)(F)F)cc1. The predicted molar refractivity (Wildman–Crippen MR) is 64.4 cm³/mol. The lowest BCUT2D eigenvalue weighted by atomic mass is 10.2. The van der Waals surface area contributed by atoms with E-state index in [2.05, 4.69) is 4.74 Å². The number of halogens is 3. The number of nitrogens with two attached hydrogens (primary N) is 1. The van der Waals surface area contributed by atoms with Crippen LogP contribution in [0.25, 0.3) is 0 Å². The maximum absolute atomic E-state index is 11.7. The average molecular weight is 276 g/mol. The maximum Gasteiger partial charge on any atom is 0.411 e. The summed E-state index contributed by atoms with van der Waals surface area (Å²) in [4.78, 5) is 0. The van der Waals surface area contributed by atoms with Crippen LogP contribution in [0, 0.1) is 5.41 Å². The molecule has 19 heavy (non-hydrogen) atoms. The van der Waals surface area contributed by atoms with Crippen LogP contribution < -0.4 is 10.5 Å². The van der Waals surface area contributed by atoms with Gasteiger partial charge < -0.3 is 15.2 Å². The summed E-state index contributed by atoms with van der Waals surface area (Å²) in [5.41, 5.74) is 5.87. The van der Waals surface area contributed by atoms with Crippen molar-refractivity contribution < 1.29 is 22.6 Å². The van der Waals surface area contributed by atoms with E-state index in [-0.39, 0.29) is 19.0 Å². The highest BCUT2D eigenvalue weighted by Crippen LogP contribution is 2.15. The molecule has 0 aromatic heterocycles. The van der Waals surface area contributed by atoms with Crippen molar-refractivity contribution in [3.63, 3.8) is 0 Å². The molecule has 1 rings (SSSR count). The summed E-state index contributed by atoms with van der Waals surface area (Å²) in [6, 6.07) is 6.57. The minimum Gasteiger partial charge on any atom is -0.494 e. The minimum atomic E-state index is -4.29. The van der Waals surface area contributed by atoms with Gasteiger partial charge in [0.1, 0.15) is 18.2 Å². The molecule has 1 aromatic carbocycles. The van der Waals surface area contributed by atoms with Crippen LogP contribution in [-0.2, 0) is 4.74 Å². The molecule has 0 saturated heterocycles. The average Bonchev–Trinajstić information content (AvgIpc) is 2.33. The summed E-state index contributed by atoms with van der Waals surface area (Å²) in [7, 11) is 0. The molecular formula is C12H15F3N2O2. The number of alkyl halides is 3. The molecule has 0 aliphatic carbocycles. The lowest BCUT2D eigenvalue weighted by Gasteiger charge is -2.09. The fourth-order valence-electron chi connectivity index (χ4n) is 1.27. The summed E-state index contributed by atoms with van der Waals surface area (Å²) in [5.74, 6) is 0.535. The number of rotatable bonds is 7. The van der Waals surface area contributed by atoms with E-state index in [4.69, 9.17) is 15.9 Å². The number of nitrogen functional groups attached to an aromatic ring is 1. The van der Waals surface area contributed by atoms with Gasteiger partial charge in [-0.05, 0) is 24.3 Å². The highest BCUT2D eigenvalue weighted by molar-refractivity contribution is 5.94. The molecule has 4 nitrogen and oxygen atoms in total. The van der Waals surface area contributed by atoms with Crippen molar-refractivity contribution in [1.29, 1.82) is 5.41 Å². The van der Waals surface area contributed by atoms with E-state index in [0.717, 1.165) is 0 Å². The fourth-order valence-corrected chi connectivity index (χ4v) is 1.27. The van der Waals surface area contributed by atoms with Gasteiger partial charge in [0.25, 0.3) is 0 Å². The lowest BCUT2D eigenvalue weighted by Crippen LogP contribution is -2.18. The summed E-state index contributed by atoms with van der Waals surface area (Å²) in [6.07, 6.45) is -3.92. The Hall–Kier alpha value is -1.76. The molecule has 0 heterocycles. The third kappa shape index (κ3) is 6.66. The second-order valence-electron chi connectivity index (χ2n) is 3.81. The van der Waals surface area contributed by atoms with Crippen molar-refractivity contribution >= 4 is 5.84 Å². The molecule has 7 heteroatoms. The Bertz CT molecular complexity index is 404. The van der Waals surface area contributed by atoms with Crippen molar-refractivity contribution in [3.8, 4) is 5.75 Å². The van der Waals surface area contributed by atoms with E-state index in [0.29, 0.717) is 17.7 Å². The first-order valence-corrected chi connectivity index (χ1v) is 5.60. The van der Waals surface area contributed by atoms with Crippen LogP contribution >= 0.6 is 0 Å². The van der Waals surface area contributed by atoms with Crippen LogP contribution in [0.15, 0.2) is 24.3 Å². The van der Waals surface area contributed by atoms with Crippen LogP contribution in [0.4, 0.5) is 13.2 Å². The number of benzene rings is 1. The van der Waals surface area contributed by atoms with Gasteiger partial charge in [-0.15, -0.1) is 0 Å². The number of nitrogens with one attached hydrogen (secondary N) is 1. The molecule has 0 fully saturated rings. The third-order valence-electron chi connectivity index (χ3n) is 2.13. The summed E-state index contributed by atoms with van der Waals surface area (Å²) < 4.78 is 45.0. The molecule has 106 valence electrons. The smallest absolute Gasteiger partial charge is 0.411 e. The molecule has 3 N–H and O–H groups in total. The monoisotopic (exact) mass is 276 g/mol. The van der Waals surface area contributed by atoms with Gasteiger partial charge in [-0.1, -0.05) is 0 Å². The zero-order valence-electron chi connectivity index (χ0n) is 10.2. The first-order valence-electron chi connectivity index (χ1n) is 5.60. The van der Waals surface area contributed by atoms with Crippen LogP contribution in [0.3, 0.4) is 0 Å². The summed E-state index contributed by atoms with van der Waals surface area (Å²) >= 11 is 0. The Kier molecular flexibility index (Phi) is 5.62. The van der Waals surface area contributed by atoms with Crippen molar-refractivity contribution in [3.05, 3.63) is 29.8 Å². The van der Waals surface area contributed by atoms with Gasteiger partial charge in [0.15, 0.2) is 0 Å². The van der Waals surface area contributed by atoms with Crippen LogP contribution in [-0.4, -0.2) is 31.8 Å². The van der Waals surface area contributed by atoms with Crippen LogP contribution in [0.5, 0.6) is 5.75 Å². The molecule has 0 radical (unpaired) electrons. The van der Waals surface area contributed by atoms with Gasteiger partial charge in [0.05, 0.1) is 13.2 Å². The molecule has 0 atom stereocenters. The Labute approximate surface area is 108 Å². The third-order valence-corrected chi connectivity index (χ3v) is 2.13. The van der Waals surface area contributed by atoms with E-state index in [9.17, 15) is 13.2 Å². The number of amidine groups is 1. The number of ether oxygens (including phenoxy) is 2. The van der Waals surface area contributed by atoms with Crippen LogP contribution in [0.2, 0.25) is 0 Å². The Morgan fingerprint density at radius 1 is 1.16 bits per heavy atom. The first kappa shape index (κ1) is 15.3. The largest absolute Gasteiger partial charge is 0.494 e. The highest BCUT2D eigenvalue weighted by atomic mass is 19.4. The summed E-state index contributed by atoms with van der Waals surface area (Å²) in [5, 5.41) is 7.20. The van der Waals surface area contributed by atoms with E-state index in [1.54, 1.807) is 24.3 Å². The fraction of sp³-hybridized carbons (Fsp3) is 0.417. The molecule has 0 unspecified atom stereocenters. The van der Waals surface area contributed by atoms with Crippen molar-refractivity contribution in [2.75, 3.05) is 19.8 Å². The van der Waals surface area contributed by atoms with E-state index >= 15 is 0 Å². The first-order chi connectivity index (χ1) is 8.88. The number of hydrogen-bond acceptors (Lipinski definition) is 3. The summed E-state index contributed by atoms with van der Waals surface area (Å²) in [6.45, 7) is -0.984. The van der Waals surface area contributed by atoms with Gasteiger partial charge in [0, 0.05) is 12.0 Å². The molecule has 0 spiro atoms. The zero-order valence-corrected chi connectivity index (χ0v) is 10.2. The van der Waals surface area contributed by atoms with Gasteiger partial charge in [-0.2, -0.15) is 13.2 Å². The molecule has 0 amide bonds. The van der Waals surface area contributed by atoms with E-state index in [1.807, 2.05) is 0 Å². The van der Waals surface area contributed by atoms with Gasteiger partial charge in [0.2, 0.25) is 0 Å². The van der Waals surface area contributed by atoms with Crippen molar-refractivity contribution in [2.24, 2.45) is 5.73 Å². The lowest BCUT2D eigenvalue weighted by molar-refractivity contribution is -0.174. The quantitative estimate of drug-likeness (QED) is 0.456. The van der Waals surface area contributed by atoms with Gasteiger partial charge >= 0.3 is 6.18 Å². The zero-order chi connectivity index (χ0) is 14.3. The van der Waals surface area contributed by atoms with Gasteiger partial charge in [-0.25, -0.2) is 0 Å². The normalized spacial score (nSPS) is 11.3. The van der Waals surface area contributed by atoms with E-state index in [1.165, 1.54) is 0 Å². The highest BCUT2D eigenvalue weighted by Gasteiger charge is 2.27. The van der Waals surface area contributed by atoms with E-state index < -0.39 is 12.8 Å². The minimum absolute atomic E-state index is 0.00889. The Morgan fingerprint density at radius 2 is 1.79 bits per heavy atom. The van der Waals surface area contributed by atoms with Crippen molar-refractivity contribution in [2.45, 2.75) is 12.6 Å².